The minimum absolute atomic E-state index is 0.0160. The Morgan fingerprint density at radius 3 is 2.40 bits per heavy atom. The lowest BCUT2D eigenvalue weighted by atomic mass is 9.89. The summed E-state index contributed by atoms with van der Waals surface area (Å²) in [6.07, 6.45) is 3.99. The van der Waals surface area contributed by atoms with Crippen LogP contribution in [0.2, 0.25) is 0 Å². The van der Waals surface area contributed by atoms with Crippen LogP contribution in [0.4, 0.5) is 0 Å². The van der Waals surface area contributed by atoms with E-state index in [1.165, 1.54) is 6.07 Å². The summed E-state index contributed by atoms with van der Waals surface area (Å²) in [5.74, 6) is -0.703. The number of aromatic hydroxyl groups is 3. The predicted molar refractivity (Wildman–Crippen MR) is 136 cm³/mol. The molecular weight excluding hydrogens is 448 g/mol. The van der Waals surface area contributed by atoms with Gasteiger partial charge in [0.05, 0.1) is 11.0 Å². The number of ether oxygens (including phenoxy) is 1. The van der Waals surface area contributed by atoms with Gasteiger partial charge in [0.1, 0.15) is 28.1 Å². The smallest absolute Gasteiger partial charge is 0.204 e. The number of hydrogen-bond acceptors (Lipinski definition) is 7. The first-order valence-electron chi connectivity index (χ1n) is 12.0. The molecule has 4 N–H and O–H groups in total. The number of phenols is 3. The molecule has 2 aromatic carbocycles. The lowest BCUT2D eigenvalue weighted by molar-refractivity contribution is 0.0714. The van der Waals surface area contributed by atoms with Crippen molar-refractivity contribution in [3.8, 4) is 23.0 Å². The molecule has 0 saturated carbocycles. The van der Waals surface area contributed by atoms with Gasteiger partial charge in [-0.25, -0.2) is 0 Å². The van der Waals surface area contributed by atoms with Gasteiger partial charge in [0.15, 0.2) is 11.3 Å². The zero-order chi connectivity index (χ0) is 25.9. The predicted octanol–water partition coefficient (Wildman–Crippen LogP) is 5.38. The molecule has 0 fully saturated rings. The quantitative estimate of drug-likeness (QED) is 0.219. The van der Waals surface area contributed by atoms with Crippen molar-refractivity contribution in [3.63, 3.8) is 0 Å². The second kappa shape index (κ2) is 8.48. The van der Waals surface area contributed by atoms with Gasteiger partial charge in [0.25, 0.3) is 0 Å². The Hall–Kier alpha value is -3.19. The average molecular weight is 483 g/mol. The van der Waals surface area contributed by atoms with Crippen LogP contribution in [0.25, 0.3) is 21.9 Å². The van der Waals surface area contributed by atoms with Crippen molar-refractivity contribution in [2.24, 2.45) is 0 Å². The topological polar surface area (TPSA) is 120 Å². The number of benzene rings is 2. The van der Waals surface area contributed by atoms with Crippen LogP contribution in [0.5, 0.6) is 23.0 Å². The molecule has 7 nitrogen and oxygen atoms in total. The molecule has 1 aliphatic heterocycles. The lowest BCUT2D eigenvalue weighted by Gasteiger charge is -2.32. The van der Waals surface area contributed by atoms with Crippen molar-refractivity contribution in [2.75, 3.05) is 0 Å². The molecule has 0 atom stereocenters. The van der Waals surface area contributed by atoms with Gasteiger partial charge in [-0.15, -0.1) is 0 Å². The van der Waals surface area contributed by atoms with Crippen LogP contribution in [0.3, 0.4) is 0 Å². The maximum Gasteiger partial charge on any atom is 0.204 e. The number of rotatable bonds is 5. The first kappa shape index (κ1) is 24.9. The van der Waals surface area contributed by atoms with E-state index in [0.717, 1.165) is 5.57 Å². The average Bonchev–Trinajstić information content (AvgIpc) is 2.72. The highest BCUT2D eigenvalue weighted by Gasteiger charge is 2.32. The molecule has 0 unspecified atom stereocenters. The third-order valence-corrected chi connectivity index (χ3v) is 6.66. The SMILES string of the molecule is CC(C)=CCc1c(O)c(O)c2oc3c4c(cc(O)c3c(=O)c2c1CCC(C)(C)O)OC(C)(C)CC4. The molecule has 4 rings (SSSR count). The Labute approximate surface area is 204 Å². The van der Waals surface area contributed by atoms with Crippen molar-refractivity contribution in [1.29, 1.82) is 0 Å². The molecule has 3 aromatic rings. The number of phenolic OH excluding ortho intramolecular Hbond substituents is 3. The third kappa shape index (κ3) is 4.57. The van der Waals surface area contributed by atoms with Gasteiger partial charge in [-0.05, 0) is 79.2 Å². The van der Waals surface area contributed by atoms with E-state index in [1.807, 2.05) is 33.8 Å². The Morgan fingerprint density at radius 1 is 1.09 bits per heavy atom. The molecule has 0 aliphatic carbocycles. The molecule has 0 spiro atoms. The van der Waals surface area contributed by atoms with Gasteiger partial charge in [0, 0.05) is 17.2 Å². The van der Waals surface area contributed by atoms with E-state index in [2.05, 4.69) is 0 Å². The lowest BCUT2D eigenvalue weighted by Crippen LogP contribution is -2.32. The van der Waals surface area contributed by atoms with Crippen LogP contribution in [0.1, 0.15) is 71.1 Å². The first-order chi connectivity index (χ1) is 16.2. The maximum atomic E-state index is 13.9. The van der Waals surface area contributed by atoms with Crippen LogP contribution in [0, 0.1) is 0 Å². The van der Waals surface area contributed by atoms with Crippen molar-refractivity contribution < 1.29 is 29.6 Å². The first-order valence-corrected chi connectivity index (χ1v) is 12.0. The van der Waals surface area contributed by atoms with Crippen molar-refractivity contribution in [3.05, 3.63) is 44.6 Å². The van der Waals surface area contributed by atoms with Crippen molar-refractivity contribution in [1.82, 2.24) is 0 Å². The Kier molecular flexibility index (Phi) is 6.04. The summed E-state index contributed by atoms with van der Waals surface area (Å²) in [5.41, 5.74) is 0.597. The Bertz CT molecular complexity index is 1410. The summed E-state index contributed by atoms with van der Waals surface area (Å²) in [6.45, 7) is 11.1. The summed E-state index contributed by atoms with van der Waals surface area (Å²) >= 11 is 0. The highest BCUT2D eigenvalue weighted by Crippen LogP contribution is 2.46. The van der Waals surface area contributed by atoms with E-state index in [4.69, 9.17) is 9.15 Å². The highest BCUT2D eigenvalue weighted by molar-refractivity contribution is 6.00. The van der Waals surface area contributed by atoms with E-state index in [0.29, 0.717) is 41.7 Å². The van der Waals surface area contributed by atoms with Crippen LogP contribution in [-0.4, -0.2) is 31.6 Å². The van der Waals surface area contributed by atoms with Gasteiger partial charge in [0.2, 0.25) is 11.2 Å². The molecule has 2 heterocycles. The second-order valence-electron chi connectivity index (χ2n) is 11.0. The summed E-state index contributed by atoms with van der Waals surface area (Å²) in [4.78, 5) is 13.9. The molecule has 1 aliphatic rings. The van der Waals surface area contributed by atoms with Crippen molar-refractivity contribution >= 4 is 21.9 Å². The van der Waals surface area contributed by atoms with Crippen molar-refractivity contribution in [2.45, 2.75) is 84.8 Å². The maximum absolute atomic E-state index is 13.9. The highest BCUT2D eigenvalue weighted by atomic mass is 16.5. The zero-order valence-corrected chi connectivity index (χ0v) is 21.2. The molecule has 188 valence electrons. The molecule has 0 radical (unpaired) electrons. The fourth-order valence-corrected chi connectivity index (χ4v) is 4.70. The van der Waals surface area contributed by atoms with Crippen LogP contribution < -0.4 is 10.2 Å². The number of hydrogen-bond donors (Lipinski definition) is 4. The standard InChI is InChI=1S/C28H34O7/c1-14(2)7-8-16-15(9-11-27(3,4)33)20-23(31)21-18(29)13-19-17(10-12-28(5,6)35-19)25(21)34-26(20)24(32)22(16)30/h7,13,29-30,32-33H,8-12H2,1-6H3. The van der Waals surface area contributed by atoms with E-state index >= 15 is 0 Å². The number of aliphatic hydroxyl groups is 1. The second-order valence-corrected chi connectivity index (χ2v) is 11.0. The van der Waals surface area contributed by atoms with E-state index in [9.17, 15) is 25.2 Å². The molecular formula is C28H34O7. The summed E-state index contributed by atoms with van der Waals surface area (Å²) in [6, 6.07) is 1.45. The largest absolute Gasteiger partial charge is 0.507 e. The van der Waals surface area contributed by atoms with Gasteiger partial charge >= 0.3 is 0 Å². The minimum Gasteiger partial charge on any atom is -0.507 e. The summed E-state index contributed by atoms with van der Waals surface area (Å²) in [5, 5.41) is 43.3. The number of fused-ring (bicyclic) bond motifs is 4. The molecule has 7 heteroatoms. The fourth-order valence-electron chi connectivity index (χ4n) is 4.70. The van der Waals surface area contributed by atoms with E-state index < -0.39 is 22.4 Å². The zero-order valence-electron chi connectivity index (χ0n) is 21.2. The van der Waals surface area contributed by atoms with Gasteiger partial charge in [-0.3, -0.25) is 4.79 Å². The monoisotopic (exact) mass is 482 g/mol. The number of allylic oxidation sites excluding steroid dienone is 2. The Morgan fingerprint density at radius 2 is 1.77 bits per heavy atom. The van der Waals surface area contributed by atoms with Crippen LogP contribution >= 0.6 is 0 Å². The van der Waals surface area contributed by atoms with Crippen LogP contribution in [-0.2, 0) is 19.3 Å². The van der Waals surface area contributed by atoms with E-state index in [-0.39, 0.29) is 46.3 Å². The third-order valence-electron chi connectivity index (χ3n) is 6.66. The van der Waals surface area contributed by atoms with Gasteiger partial charge in [-0.1, -0.05) is 11.6 Å². The fraction of sp³-hybridized carbons (Fsp3) is 0.464. The summed E-state index contributed by atoms with van der Waals surface area (Å²) in [7, 11) is 0. The van der Waals surface area contributed by atoms with Crippen LogP contribution in [0.15, 0.2) is 26.9 Å². The minimum atomic E-state index is -1.02. The Balaban J connectivity index is 2.11. The molecule has 0 bridgehead atoms. The molecule has 35 heavy (non-hydrogen) atoms. The number of aryl methyl sites for hydroxylation is 2. The van der Waals surface area contributed by atoms with E-state index in [1.54, 1.807) is 13.8 Å². The normalized spacial score (nSPS) is 15.2. The summed E-state index contributed by atoms with van der Waals surface area (Å²) < 4.78 is 12.1. The van der Waals surface area contributed by atoms with Gasteiger partial charge < -0.3 is 29.6 Å². The molecule has 1 aromatic heterocycles. The molecule has 0 amide bonds. The van der Waals surface area contributed by atoms with Gasteiger partial charge in [-0.2, -0.15) is 0 Å². The molecule has 0 saturated heterocycles.